The molecule has 0 amide bonds. The Morgan fingerprint density at radius 1 is 0.968 bits per heavy atom. The van der Waals surface area contributed by atoms with Gasteiger partial charge in [-0.1, -0.05) is 23.8 Å². The number of aromatic nitrogens is 2. The highest BCUT2D eigenvalue weighted by molar-refractivity contribution is 5.79. The smallest absolute Gasteiger partial charge is 0.269 e. The van der Waals surface area contributed by atoms with Gasteiger partial charge in [-0.2, -0.15) is 5.10 Å². The van der Waals surface area contributed by atoms with Crippen molar-refractivity contribution >= 4 is 11.4 Å². The molecule has 0 bridgehead atoms. The SMILES string of the molecule is Cc1ccc2c(c1)-c1cc(C)nn1C(c1ccc(Oc3ccc([N+](=O)[O-])cc3)cc1)N2. The lowest BCUT2D eigenvalue weighted by atomic mass is 10.0. The van der Waals surface area contributed by atoms with E-state index in [9.17, 15) is 10.1 Å². The van der Waals surface area contributed by atoms with Crippen LogP contribution in [0.25, 0.3) is 11.3 Å². The lowest BCUT2D eigenvalue weighted by molar-refractivity contribution is -0.384. The second-order valence-corrected chi connectivity index (χ2v) is 7.63. The van der Waals surface area contributed by atoms with Crippen LogP contribution in [0.15, 0.2) is 72.8 Å². The van der Waals surface area contributed by atoms with Gasteiger partial charge in [-0.15, -0.1) is 0 Å². The molecule has 1 N–H and O–H groups in total. The maximum atomic E-state index is 10.8. The van der Waals surface area contributed by atoms with Gasteiger partial charge in [-0.25, -0.2) is 4.68 Å². The number of hydrogen-bond donors (Lipinski definition) is 1. The minimum atomic E-state index is -0.430. The monoisotopic (exact) mass is 412 g/mol. The molecule has 5 rings (SSSR count). The van der Waals surface area contributed by atoms with E-state index in [-0.39, 0.29) is 11.9 Å². The van der Waals surface area contributed by atoms with Gasteiger partial charge in [0.25, 0.3) is 5.69 Å². The Balaban J connectivity index is 1.42. The van der Waals surface area contributed by atoms with Crippen LogP contribution in [0.3, 0.4) is 0 Å². The van der Waals surface area contributed by atoms with Crippen molar-refractivity contribution in [1.82, 2.24) is 9.78 Å². The Kier molecular flexibility index (Phi) is 4.43. The average molecular weight is 412 g/mol. The summed E-state index contributed by atoms with van der Waals surface area (Å²) in [7, 11) is 0. The highest BCUT2D eigenvalue weighted by Crippen LogP contribution is 2.39. The van der Waals surface area contributed by atoms with Crippen LogP contribution in [0, 0.1) is 24.0 Å². The molecule has 2 heterocycles. The topological polar surface area (TPSA) is 82.2 Å². The first-order valence-corrected chi connectivity index (χ1v) is 9.94. The Morgan fingerprint density at radius 3 is 2.32 bits per heavy atom. The molecule has 31 heavy (non-hydrogen) atoms. The second-order valence-electron chi connectivity index (χ2n) is 7.63. The number of benzene rings is 3. The van der Waals surface area contributed by atoms with Crippen molar-refractivity contribution in [2.24, 2.45) is 0 Å². The number of nitrogens with one attached hydrogen (secondary N) is 1. The predicted molar refractivity (Wildman–Crippen MR) is 119 cm³/mol. The van der Waals surface area contributed by atoms with E-state index in [4.69, 9.17) is 9.84 Å². The van der Waals surface area contributed by atoms with Gasteiger partial charge in [0.15, 0.2) is 0 Å². The molecule has 0 spiro atoms. The molecular formula is C24H20N4O3. The van der Waals surface area contributed by atoms with Gasteiger partial charge in [0.2, 0.25) is 0 Å². The van der Waals surface area contributed by atoms with Crippen LogP contribution in [0.1, 0.15) is 23.0 Å². The van der Waals surface area contributed by atoms with Gasteiger partial charge in [-0.05, 0) is 61.9 Å². The lowest BCUT2D eigenvalue weighted by Crippen LogP contribution is -2.25. The number of anilines is 1. The summed E-state index contributed by atoms with van der Waals surface area (Å²) in [6.07, 6.45) is -0.132. The molecule has 154 valence electrons. The van der Waals surface area contributed by atoms with Crippen molar-refractivity contribution in [3.05, 3.63) is 99.7 Å². The third-order valence-corrected chi connectivity index (χ3v) is 5.32. The quantitative estimate of drug-likeness (QED) is 0.336. The number of fused-ring (bicyclic) bond motifs is 3. The first-order valence-electron chi connectivity index (χ1n) is 9.94. The molecule has 1 aromatic heterocycles. The summed E-state index contributed by atoms with van der Waals surface area (Å²) in [5.41, 5.74) is 6.57. The summed E-state index contributed by atoms with van der Waals surface area (Å²) in [6.45, 7) is 4.09. The number of nitro groups is 1. The summed E-state index contributed by atoms with van der Waals surface area (Å²) < 4.78 is 7.85. The molecule has 7 nitrogen and oxygen atoms in total. The number of rotatable bonds is 4. The van der Waals surface area contributed by atoms with Crippen molar-refractivity contribution in [1.29, 1.82) is 0 Å². The van der Waals surface area contributed by atoms with Crippen molar-refractivity contribution in [2.75, 3.05) is 5.32 Å². The standard InChI is InChI=1S/C24H20N4O3/c1-15-3-12-22-21(13-15)23-14-16(2)26-27(23)24(25-22)17-4-8-19(9-5-17)31-20-10-6-18(7-11-20)28(29)30/h3-14,24-25H,1-2H3. The predicted octanol–water partition coefficient (Wildman–Crippen LogP) is 5.84. The zero-order chi connectivity index (χ0) is 21.5. The first-order chi connectivity index (χ1) is 15.0. The zero-order valence-electron chi connectivity index (χ0n) is 17.1. The minimum absolute atomic E-state index is 0.0341. The molecule has 4 aromatic rings. The van der Waals surface area contributed by atoms with Gasteiger partial charge in [0.05, 0.1) is 16.3 Å². The number of aryl methyl sites for hydroxylation is 2. The third-order valence-electron chi connectivity index (χ3n) is 5.32. The molecular weight excluding hydrogens is 392 g/mol. The second kappa shape index (κ2) is 7.28. The summed E-state index contributed by atoms with van der Waals surface area (Å²) in [4.78, 5) is 10.4. The maximum Gasteiger partial charge on any atom is 0.269 e. The normalized spacial score (nSPS) is 14.3. The van der Waals surface area contributed by atoms with E-state index in [2.05, 4.69) is 36.5 Å². The van der Waals surface area contributed by atoms with Crippen LogP contribution in [-0.4, -0.2) is 14.7 Å². The van der Waals surface area contributed by atoms with Crippen molar-refractivity contribution in [3.8, 4) is 22.8 Å². The van der Waals surface area contributed by atoms with Gasteiger partial charge in [0, 0.05) is 23.4 Å². The van der Waals surface area contributed by atoms with E-state index in [1.54, 1.807) is 12.1 Å². The summed E-state index contributed by atoms with van der Waals surface area (Å²) in [6, 6.07) is 22.3. The van der Waals surface area contributed by atoms with E-state index in [1.807, 2.05) is 35.9 Å². The van der Waals surface area contributed by atoms with Crippen LogP contribution in [0.4, 0.5) is 11.4 Å². The average Bonchev–Trinajstić information content (AvgIpc) is 3.16. The number of nitrogens with zero attached hydrogens (tertiary/aromatic N) is 3. The van der Waals surface area contributed by atoms with Gasteiger partial charge in [0.1, 0.15) is 17.7 Å². The van der Waals surface area contributed by atoms with Crippen LogP contribution < -0.4 is 10.1 Å². The minimum Gasteiger partial charge on any atom is -0.457 e. The molecule has 0 saturated carbocycles. The maximum absolute atomic E-state index is 10.8. The number of hydrogen-bond acceptors (Lipinski definition) is 5. The van der Waals surface area contributed by atoms with Gasteiger partial charge < -0.3 is 10.1 Å². The molecule has 1 aliphatic heterocycles. The number of non-ortho nitro benzene ring substituents is 1. The van der Waals surface area contributed by atoms with Crippen LogP contribution in [-0.2, 0) is 0 Å². The van der Waals surface area contributed by atoms with E-state index in [1.165, 1.54) is 17.7 Å². The highest BCUT2D eigenvalue weighted by atomic mass is 16.6. The zero-order valence-corrected chi connectivity index (χ0v) is 17.1. The Bertz CT molecular complexity index is 1280. The molecule has 3 aromatic carbocycles. The van der Waals surface area contributed by atoms with E-state index < -0.39 is 4.92 Å². The number of nitro benzene ring substituents is 1. The fourth-order valence-electron chi connectivity index (χ4n) is 3.83. The van der Waals surface area contributed by atoms with E-state index in [0.29, 0.717) is 11.5 Å². The Labute approximate surface area is 179 Å². The van der Waals surface area contributed by atoms with Crippen LogP contribution in [0.5, 0.6) is 11.5 Å². The largest absolute Gasteiger partial charge is 0.457 e. The first kappa shape index (κ1) is 18.9. The molecule has 1 atom stereocenters. The molecule has 1 unspecified atom stereocenters. The summed E-state index contributed by atoms with van der Waals surface area (Å²) >= 11 is 0. The lowest BCUT2D eigenvalue weighted by Gasteiger charge is -2.29. The molecule has 7 heteroatoms. The highest BCUT2D eigenvalue weighted by Gasteiger charge is 2.26. The van der Waals surface area contributed by atoms with Crippen molar-refractivity contribution in [3.63, 3.8) is 0 Å². The Morgan fingerprint density at radius 2 is 1.65 bits per heavy atom. The van der Waals surface area contributed by atoms with E-state index in [0.717, 1.165) is 28.2 Å². The van der Waals surface area contributed by atoms with Crippen LogP contribution >= 0.6 is 0 Å². The fourth-order valence-corrected chi connectivity index (χ4v) is 3.83. The molecule has 0 aliphatic carbocycles. The van der Waals surface area contributed by atoms with Crippen molar-refractivity contribution in [2.45, 2.75) is 20.0 Å². The molecule has 0 saturated heterocycles. The molecule has 0 radical (unpaired) electrons. The fraction of sp³-hybridized carbons (Fsp3) is 0.125. The Hall–Kier alpha value is -4.13. The van der Waals surface area contributed by atoms with Crippen LogP contribution in [0.2, 0.25) is 0 Å². The van der Waals surface area contributed by atoms with Gasteiger partial charge in [-0.3, -0.25) is 10.1 Å². The van der Waals surface area contributed by atoms with Crippen molar-refractivity contribution < 1.29 is 9.66 Å². The van der Waals surface area contributed by atoms with E-state index >= 15 is 0 Å². The number of ether oxygens (including phenoxy) is 1. The third kappa shape index (κ3) is 3.50. The molecule has 1 aliphatic rings. The van der Waals surface area contributed by atoms with Gasteiger partial charge >= 0.3 is 0 Å². The molecule has 0 fully saturated rings. The summed E-state index contributed by atoms with van der Waals surface area (Å²) in [5.74, 6) is 1.20. The summed E-state index contributed by atoms with van der Waals surface area (Å²) in [5, 5.41) is 19.1.